The van der Waals surface area contributed by atoms with Crippen LogP contribution < -0.4 is 5.73 Å². The third-order valence-corrected chi connectivity index (χ3v) is 2.77. The van der Waals surface area contributed by atoms with Gasteiger partial charge in [-0.2, -0.15) is 0 Å². The first-order chi connectivity index (χ1) is 7.70. The minimum atomic E-state index is -0.888. The van der Waals surface area contributed by atoms with Crippen molar-refractivity contribution >= 4 is 11.6 Å². The molecule has 0 aliphatic heterocycles. The Morgan fingerprint density at radius 3 is 2.56 bits per heavy atom. The summed E-state index contributed by atoms with van der Waals surface area (Å²) in [5, 5.41) is 19.7. The highest BCUT2D eigenvalue weighted by molar-refractivity contribution is 6.17. The minimum absolute atomic E-state index is 0.331. The molecular formula is C12H18ClNO2. The maximum absolute atomic E-state index is 9.98. The molecular weight excluding hydrogens is 226 g/mol. The van der Waals surface area contributed by atoms with Crippen LogP contribution >= 0.6 is 11.6 Å². The van der Waals surface area contributed by atoms with Gasteiger partial charge in [0.05, 0.1) is 6.10 Å². The van der Waals surface area contributed by atoms with Crippen LogP contribution in [-0.4, -0.2) is 28.7 Å². The number of aliphatic hydroxyl groups is 2. The number of aliphatic hydroxyl groups excluding tert-OH is 2. The van der Waals surface area contributed by atoms with Crippen LogP contribution in [0.5, 0.6) is 0 Å². The van der Waals surface area contributed by atoms with Crippen LogP contribution in [0.25, 0.3) is 0 Å². The van der Waals surface area contributed by atoms with Crippen LogP contribution in [0.1, 0.15) is 23.7 Å². The highest BCUT2D eigenvalue weighted by Gasteiger charge is 2.19. The second-order valence-electron chi connectivity index (χ2n) is 3.73. The lowest BCUT2D eigenvalue weighted by molar-refractivity contribution is 0.0165. The number of benzene rings is 1. The molecule has 0 amide bonds. The van der Waals surface area contributed by atoms with E-state index in [1.807, 2.05) is 24.3 Å². The first-order valence-electron chi connectivity index (χ1n) is 5.40. The smallest absolute Gasteiger partial charge is 0.105 e. The van der Waals surface area contributed by atoms with Crippen molar-refractivity contribution in [2.24, 2.45) is 5.73 Å². The zero-order valence-electron chi connectivity index (χ0n) is 9.14. The molecule has 1 rings (SSSR count). The molecule has 16 heavy (non-hydrogen) atoms. The van der Waals surface area contributed by atoms with Crippen LogP contribution in [0.2, 0.25) is 0 Å². The topological polar surface area (TPSA) is 66.5 Å². The van der Waals surface area contributed by atoms with Crippen LogP contribution in [0.3, 0.4) is 0 Å². The van der Waals surface area contributed by atoms with Crippen LogP contribution in [0.15, 0.2) is 24.3 Å². The number of halogens is 1. The lowest BCUT2D eigenvalue weighted by Crippen LogP contribution is -2.20. The van der Waals surface area contributed by atoms with E-state index in [2.05, 4.69) is 0 Å². The summed E-state index contributed by atoms with van der Waals surface area (Å²) in [6.07, 6.45) is -0.640. The fourth-order valence-corrected chi connectivity index (χ4v) is 1.91. The standard InChI is InChI=1S/C12H18ClNO2/c13-7-5-11(15)12(16)10-4-2-1-3-9(10)6-8-14/h1-4,11-12,15-16H,5-8,14H2. The summed E-state index contributed by atoms with van der Waals surface area (Å²) in [7, 11) is 0. The molecule has 2 unspecified atom stereocenters. The maximum Gasteiger partial charge on any atom is 0.105 e. The Morgan fingerprint density at radius 2 is 1.94 bits per heavy atom. The van der Waals surface area contributed by atoms with Crippen LogP contribution in [0.4, 0.5) is 0 Å². The van der Waals surface area contributed by atoms with Gasteiger partial charge in [-0.3, -0.25) is 0 Å². The molecule has 1 aromatic rings. The van der Waals surface area contributed by atoms with Crippen molar-refractivity contribution in [2.45, 2.75) is 25.0 Å². The van der Waals surface area contributed by atoms with Crippen LogP contribution in [-0.2, 0) is 6.42 Å². The van der Waals surface area contributed by atoms with Crippen molar-refractivity contribution in [3.8, 4) is 0 Å². The molecule has 0 spiro atoms. The fraction of sp³-hybridized carbons (Fsp3) is 0.500. The predicted octanol–water partition coefficient (Wildman–Crippen LogP) is 1.21. The van der Waals surface area contributed by atoms with Crippen molar-refractivity contribution in [2.75, 3.05) is 12.4 Å². The molecule has 3 nitrogen and oxygen atoms in total. The molecule has 0 saturated carbocycles. The molecule has 0 aliphatic carbocycles. The van der Waals surface area contributed by atoms with Crippen LogP contribution in [0, 0.1) is 0 Å². The zero-order valence-corrected chi connectivity index (χ0v) is 9.90. The van der Waals surface area contributed by atoms with Crippen molar-refractivity contribution in [3.05, 3.63) is 35.4 Å². The molecule has 2 atom stereocenters. The van der Waals surface area contributed by atoms with Crippen molar-refractivity contribution in [3.63, 3.8) is 0 Å². The molecule has 1 aromatic carbocycles. The zero-order chi connectivity index (χ0) is 12.0. The quantitative estimate of drug-likeness (QED) is 0.658. The van der Waals surface area contributed by atoms with E-state index in [1.165, 1.54) is 0 Å². The normalized spacial score (nSPS) is 14.8. The van der Waals surface area contributed by atoms with Crippen molar-refractivity contribution in [1.82, 2.24) is 0 Å². The summed E-state index contributed by atoms with van der Waals surface area (Å²) in [4.78, 5) is 0. The molecule has 0 fully saturated rings. The molecule has 4 N–H and O–H groups in total. The molecule has 0 aliphatic rings. The Balaban J connectivity index is 2.84. The third-order valence-electron chi connectivity index (χ3n) is 2.56. The van der Waals surface area contributed by atoms with E-state index in [4.69, 9.17) is 17.3 Å². The van der Waals surface area contributed by atoms with Gasteiger partial charge in [0, 0.05) is 5.88 Å². The average molecular weight is 244 g/mol. The van der Waals surface area contributed by atoms with Gasteiger partial charge in [0.2, 0.25) is 0 Å². The van der Waals surface area contributed by atoms with E-state index in [0.29, 0.717) is 25.3 Å². The number of rotatable bonds is 6. The van der Waals surface area contributed by atoms with Gasteiger partial charge in [0.1, 0.15) is 6.10 Å². The number of nitrogens with two attached hydrogens (primary N) is 1. The first kappa shape index (κ1) is 13.5. The third kappa shape index (κ3) is 3.46. The Bertz CT molecular complexity index is 320. The lowest BCUT2D eigenvalue weighted by atomic mass is 9.96. The van der Waals surface area contributed by atoms with Gasteiger partial charge in [-0.25, -0.2) is 0 Å². The summed E-state index contributed by atoms with van der Waals surface area (Å²) in [5.41, 5.74) is 7.22. The van der Waals surface area contributed by atoms with E-state index in [0.717, 1.165) is 11.1 Å². The minimum Gasteiger partial charge on any atom is -0.390 e. The Labute approximate surface area is 101 Å². The molecule has 4 heteroatoms. The number of hydrogen-bond acceptors (Lipinski definition) is 3. The molecule has 0 aromatic heterocycles. The summed E-state index contributed by atoms with van der Waals surface area (Å²) >= 11 is 5.54. The maximum atomic E-state index is 9.98. The number of alkyl halides is 1. The van der Waals surface area contributed by atoms with Gasteiger partial charge < -0.3 is 15.9 Å². The molecule has 0 saturated heterocycles. The van der Waals surface area contributed by atoms with E-state index < -0.39 is 12.2 Å². The van der Waals surface area contributed by atoms with Crippen molar-refractivity contribution < 1.29 is 10.2 Å². The first-order valence-corrected chi connectivity index (χ1v) is 5.94. The van der Waals surface area contributed by atoms with Gasteiger partial charge >= 0.3 is 0 Å². The van der Waals surface area contributed by atoms with Gasteiger partial charge in [-0.15, -0.1) is 11.6 Å². The lowest BCUT2D eigenvalue weighted by Gasteiger charge is -2.20. The molecule has 0 heterocycles. The van der Waals surface area contributed by atoms with E-state index >= 15 is 0 Å². The van der Waals surface area contributed by atoms with Gasteiger partial charge in [0.15, 0.2) is 0 Å². The summed E-state index contributed by atoms with van der Waals surface area (Å²) < 4.78 is 0. The van der Waals surface area contributed by atoms with Crippen molar-refractivity contribution in [1.29, 1.82) is 0 Å². The van der Waals surface area contributed by atoms with Gasteiger partial charge in [-0.1, -0.05) is 24.3 Å². The highest BCUT2D eigenvalue weighted by atomic mass is 35.5. The second-order valence-corrected chi connectivity index (χ2v) is 4.11. The van der Waals surface area contributed by atoms with Gasteiger partial charge in [-0.05, 0) is 30.5 Å². The summed E-state index contributed by atoms with van der Waals surface area (Å²) in [5.74, 6) is 0.331. The second kappa shape index (κ2) is 6.86. The molecule has 0 bridgehead atoms. The summed E-state index contributed by atoms with van der Waals surface area (Å²) in [6.45, 7) is 0.523. The molecule has 0 radical (unpaired) electrons. The highest BCUT2D eigenvalue weighted by Crippen LogP contribution is 2.23. The Kier molecular flexibility index (Phi) is 5.77. The monoisotopic (exact) mass is 243 g/mol. The SMILES string of the molecule is NCCc1ccccc1C(O)C(O)CCCl. The van der Waals surface area contributed by atoms with E-state index in [-0.39, 0.29) is 0 Å². The largest absolute Gasteiger partial charge is 0.390 e. The van der Waals surface area contributed by atoms with Gasteiger partial charge in [0.25, 0.3) is 0 Å². The number of hydrogen-bond donors (Lipinski definition) is 3. The van der Waals surface area contributed by atoms with E-state index in [1.54, 1.807) is 0 Å². The molecule has 90 valence electrons. The summed E-state index contributed by atoms with van der Waals surface area (Å²) in [6, 6.07) is 7.47. The average Bonchev–Trinajstić information content (AvgIpc) is 2.29. The Morgan fingerprint density at radius 1 is 1.25 bits per heavy atom. The van der Waals surface area contributed by atoms with E-state index in [9.17, 15) is 10.2 Å². The predicted molar refractivity (Wildman–Crippen MR) is 65.5 cm³/mol. The fourth-order valence-electron chi connectivity index (χ4n) is 1.68. The Hall–Kier alpha value is -0.610.